The van der Waals surface area contributed by atoms with Crippen molar-refractivity contribution in [3.8, 4) is 11.5 Å². The molecular formula is C45H48N4O5. The number of hydrogen-bond donors (Lipinski definition) is 2. The van der Waals surface area contributed by atoms with Crippen LogP contribution in [-0.4, -0.2) is 78.0 Å². The first-order valence-corrected chi connectivity index (χ1v) is 19.5. The number of rotatable bonds is 11. The van der Waals surface area contributed by atoms with Crippen LogP contribution in [0.1, 0.15) is 83.1 Å². The van der Waals surface area contributed by atoms with E-state index in [1.165, 1.54) is 27.8 Å². The number of hydrogen-bond acceptors (Lipinski definition) is 7. The first-order valence-electron chi connectivity index (χ1n) is 19.5. The van der Waals surface area contributed by atoms with Crippen molar-refractivity contribution in [1.82, 2.24) is 15.1 Å². The molecule has 0 radical (unpaired) electrons. The molecule has 278 valence electrons. The first kappa shape index (κ1) is 35.6. The van der Waals surface area contributed by atoms with Crippen LogP contribution in [0.3, 0.4) is 0 Å². The predicted molar refractivity (Wildman–Crippen MR) is 210 cm³/mol. The lowest BCUT2D eigenvalue weighted by molar-refractivity contribution is -0.136. The van der Waals surface area contributed by atoms with Gasteiger partial charge < -0.3 is 19.6 Å². The highest BCUT2D eigenvalue weighted by Gasteiger charge is 2.39. The highest BCUT2D eigenvalue weighted by atomic mass is 16.5. The minimum absolute atomic E-state index is 0.130. The zero-order valence-electron chi connectivity index (χ0n) is 30.8. The average Bonchev–Trinajstić information content (AvgIpc) is 3.39. The number of amides is 3. The number of fused-ring (bicyclic) bond motifs is 2. The van der Waals surface area contributed by atoms with Crippen molar-refractivity contribution >= 4 is 34.6 Å². The van der Waals surface area contributed by atoms with Crippen LogP contribution in [-0.2, 0) is 22.6 Å². The fourth-order valence-corrected chi connectivity index (χ4v) is 8.54. The Morgan fingerprint density at radius 2 is 1.54 bits per heavy atom. The van der Waals surface area contributed by atoms with Gasteiger partial charge in [-0.25, -0.2) is 0 Å². The van der Waals surface area contributed by atoms with Crippen molar-refractivity contribution in [3.63, 3.8) is 0 Å². The van der Waals surface area contributed by atoms with Gasteiger partial charge in [-0.15, -0.1) is 0 Å². The number of phenolic OH excluding ortho intramolecular Hbond substituents is 1. The zero-order chi connectivity index (χ0) is 37.0. The van der Waals surface area contributed by atoms with E-state index >= 15 is 0 Å². The lowest BCUT2D eigenvalue weighted by Gasteiger charge is -2.36. The molecule has 0 spiro atoms. The Labute approximate surface area is 317 Å². The third-order valence-electron chi connectivity index (χ3n) is 11.4. The van der Waals surface area contributed by atoms with Crippen LogP contribution in [0.15, 0.2) is 91.0 Å². The number of carbonyl (C=O) groups is 3. The summed E-state index contributed by atoms with van der Waals surface area (Å²) in [6.45, 7) is 6.01. The third-order valence-corrected chi connectivity index (χ3v) is 11.4. The van der Waals surface area contributed by atoms with Crippen LogP contribution in [0.25, 0.3) is 11.1 Å². The van der Waals surface area contributed by atoms with Gasteiger partial charge in [0.1, 0.15) is 17.5 Å². The summed E-state index contributed by atoms with van der Waals surface area (Å²) in [5.74, 6) is 0.423. The molecule has 3 aliphatic heterocycles. The molecule has 1 unspecified atom stereocenters. The molecule has 0 bridgehead atoms. The van der Waals surface area contributed by atoms with Gasteiger partial charge in [0.05, 0.1) is 6.61 Å². The topological polar surface area (TPSA) is 102 Å². The SMILES string of the molecule is O=C1CCC(N2Cc3cc(N4CCN(CCCCCOc5ccc(C6=C(c7ccccc7)CCCc7cc(O)ccc76)cc5)CC4)ccc3C2=O)C(=O)N1. The fraction of sp³-hybridized carbons (Fsp3) is 0.356. The van der Waals surface area contributed by atoms with Crippen molar-refractivity contribution < 1.29 is 24.2 Å². The van der Waals surface area contributed by atoms with Crippen molar-refractivity contribution in [2.75, 3.05) is 44.2 Å². The highest BCUT2D eigenvalue weighted by molar-refractivity contribution is 6.05. The molecule has 4 aromatic rings. The molecule has 2 fully saturated rings. The summed E-state index contributed by atoms with van der Waals surface area (Å²) < 4.78 is 6.19. The zero-order valence-corrected chi connectivity index (χ0v) is 30.8. The number of imide groups is 1. The molecule has 0 saturated carbocycles. The number of piperidine rings is 1. The minimum Gasteiger partial charge on any atom is -0.508 e. The molecule has 4 aliphatic rings. The number of aromatic hydroxyl groups is 1. The van der Waals surface area contributed by atoms with Gasteiger partial charge in [0.25, 0.3) is 5.91 Å². The Balaban J connectivity index is 0.791. The summed E-state index contributed by atoms with van der Waals surface area (Å²) >= 11 is 0. The van der Waals surface area contributed by atoms with E-state index in [2.05, 4.69) is 81.8 Å². The molecule has 9 nitrogen and oxygen atoms in total. The highest BCUT2D eigenvalue weighted by Crippen LogP contribution is 2.41. The number of anilines is 1. The molecule has 9 heteroatoms. The summed E-state index contributed by atoms with van der Waals surface area (Å²) in [4.78, 5) is 43.6. The van der Waals surface area contributed by atoms with Gasteiger partial charge in [-0.3, -0.25) is 24.6 Å². The molecule has 4 aromatic carbocycles. The lowest BCUT2D eigenvalue weighted by Crippen LogP contribution is -2.52. The number of phenols is 1. The Morgan fingerprint density at radius 1 is 0.741 bits per heavy atom. The largest absolute Gasteiger partial charge is 0.508 e. The van der Waals surface area contributed by atoms with E-state index in [-0.39, 0.29) is 24.1 Å². The number of nitrogens with zero attached hydrogens (tertiary/aromatic N) is 3. The lowest BCUT2D eigenvalue weighted by atomic mass is 9.88. The summed E-state index contributed by atoms with van der Waals surface area (Å²) in [6.07, 6.45) is 6.84. The van der Waals surface area contributed by atoms with Crippen LogP contribution in [0, 0.1) is 0 Å². The number of allylic oxidation sites excluding steroid dienone is 1. The van der Waals surface area contributed by atoms with Crippen molar-refractivity contribution in [2.24, 2.45) is 0 Å². The van der Waals surface area contributed by atoms with Gasteiger partial charge in [0.15, 0.2) is 0 Å². The summed E-state index contributed by atoms with van der Waals surface area (Å²) in [6, 6.07) is 30.4. The number of carbonyl (C=O) groups excluding carboxylic acids is 3. The van der Waals surface area contributed by atoms with E-state index in [4.69, 9.17) is 4.74 Å². The van der Waals surface area contributed by atoms with E-state index in [0.717, 1.165) is 93.8 Å². The van der Waals surface area contributed by atoms with Crippen LogP contribution < -0.4 is 15.0 Å². The van der Waals surface area contributed by atoms with Crippen LogP contribution in [0.4, 0.5) is 5.69 Å². The number of piperazine rings is 1. The molecule has 1 atom stereocenters. The number of aryl methyl sites for hydroxylation is 1. The molecule has 3 amide bonds. The Kier molecular flexibility index (Phi) is 10.5. The van der Waals surface area contributed by atoms with Crippen LogP contribution >= 0.6 is 0 Å². The van der Waals surface area contributed by atoms with Gasteiger partial charge in [-0.2, -0.15) is 0 Å². The second-order valence-corrected chi connectivity index (χ2v) is 14.9. The van der Waals surface area contributed by atoms with Gasteiger partial charge in [0, 0.05) is 50.4 Å². The van der Waals surface area contributed by atoms with Crippen LogP contribution in [0.2, 0.25) is 0 Å². The molecule has 1 aliphatic carbocycles. The Morgan fingerprint density at radius 3 is 2.33 bits per heavy atom. The smallest absolute Gasteiger partial charge is 0.255 e. The maximum atomic E-state index is 13.1. The Hall–Kier alpha value is -5.41. The molecule has 2 saturated heterocycles. The maximum Gasteiger partial charge on any atom is 0.255 e. The van der Waals surface area contributed by atoms with E-state index in [1.807, 2.05) is 18.2 Å². The second-order valence-electron chi connectivity index (χ2n) is 14.9. The van der Waals surface area contributed by atoms with Crippen LogP contribution in [0.5, 0.6) is 11.5 Å². The molecule has 2 N–H and O–H groups in total. The Bertz CT molecular complexity index is 2050. The predicted octanol–water partition coefficient (Wildman–Crippen LogP) is 6.82. The van der Waals surface area contributed by atoms with E-state index in [0.29, 0.717) is 30.9 Å². The quantitative estimate of drug-likeness (QED) is 0.129. The van der Waals surface area contributed by atoms with Gasteiger partial charge >= 0.3 is 0 Å². The first-order chi connectivity index (χ1) is 26.4. The standard InChI is InChI=1S/C45H48N4O5/c50-36-15-19-39-33(29-36)10-7-11-38(31-8-3-1-4-9-31)43(39)32-12-16-37(17-13-32)54-27-6-2-5-22-47-23-25-48(26-24-47)35-14-18-40-34(28-35)30-49(45(40)53)41-20-21-42(51)46-44(41)52/h1,3-4,8-9,12-19,28-29,41,50H,2,5-7,10-11,20-27,30H2,(H,46,51,52). The monoisotopic (exact) mass is 724 g/mol. The molecule has 54 heavy (non-hydrogen) atoms. The fourth-order valence-electron chi connectivity index (χ4n) is 8.54. The molecule has 8 rings (SSSR count). The number of benzene rings is 4. The van der Waals surface area contributed by atoms with Gasteiger partial charge in [-0.05, 0) is 133 Å². The summed E-state index contributed by atoms with van der Waals surface area (Å²) in [5, 5.41) is 12.6. The third kappa shape index (κ3) is 7.64. The normalized spacial score (nSPS) is 19.0. The number of nitrogens with one attached hydrogen (secondary N) is 1. The minimum atomic E-state index is -0.590. The number of ether oxygens (including phenoxy) is 1. The second kappa shape index (κ2) is 15.9. The summed E-state index contributed by atoms with van der Waals surface area (Å²) in [5.41, 5.74) is 10.1. The van der Waals surface area contributed by atoms with E-state index in [1.54, 1.807) is 11.0 Å². The van der Waals surface area contributed by atoms with Gasteiger partial charge in [0.2, 0.25) is 11.8 Å². The molecule has 0 aromatic heterocycles. The average molecular weight is 725 g/mol. The molecular weight excluding hydrogens is 677 g/mol. The maximum absolute atomic E-state index is 13.1. The molecule has 3 heterocycles. The number of unbranched alkanes of at least 4 members (excludes halogenated alkanes) is 2. The van der Waals surface area contributed by atoms with E-state index in [9.17, 15) is 19.5 Å². The van der Waals surface area contributed by atoms with Crippen molar-refractivity contribution in [3.05, 3.63) is 124 Å². The summed E-state index contributed by atoms with van der Waals surface area (Å²) in [7, 11) is 0. The van der Waals surface area contributed by atoms with Crippen molar-refractivity contribution in [1.29, 1.82) is 0 Å². The van der Waals surface area contributed by atoms with Crippen molar-refractivity contribution in [2.45, 2.75) is 64.0 Å². The van der Waals surface area contributed by atoms with Gasteiger partial charge in [-0.1, -0.05) is 48.5 Å². The van der Waals surface area contributed by atoms with E-state index < -0.39 is 6.04 Å².